The van der Waals surface area contributed by atoms with E-state index in [4.69, 9.17) is 11.5 Å². The molecule has 0 aromatic carbocycles. The van der Waals surface area contributed by atoms with Crippen LogP contribution >= 0.6 is 0 Å². The van der Waals surface area contributed by atoms with E-state index in [1.54, 1.807) is 0 Å². The summed E-state index contributed by atoms with van der Waals surface area (Å²) in [6, 6.07) is 0.882. The Bertz CT molecular complexity index is 320. The monoisotopic (exact) mass is 294 g/mol. The van der Waals surface area contributed by atoms with Crippen LogP contribution in [-0.4, -0.2) is 12.1 Å². The lowest BCUT2D eigenvalue weighted by atomic mass is 9.64. The van der Waals surface area contributed by atoms with Crippen molar-refractivity contribution in [2.75, 3.05) is 0 Å². The predicted molar refractivity (Wildman–Crippen MR) is 92.0 cm³/mol. The Balaban J connectivity index is 1.87. The van der Waals surface area contributed by atoms with Crippen molar-refractivity contribution in [1.82, 2.24) is 0 Å². The summed E-state index contributed by atoms with van der Waals surface area (Å²) in [5.74, 6) is 3.30. The average molecular weight is 295 g/mol. The molecule has 2 aliphatic rings. The summed E-state index contributed by atoms with van der Waals surface area (Å²) < 4.78 is 0. The van der Waals surface area contributed by atoms with Gasteiger partial charge in [-0.1, -0.05) is 40.5 Å². The van der Waals surface area contributed by atoms with Crippen LogP contribution in [0.3, 0.4) is 0 Å². The molecule has 21 heavy (non-hydrogen) atoms. The second-order valence-corrected chi connectivity index (χ2v) is 9.22. The van der Waals surface area contributed by atoms with Crippen molar-refractivity contribution in [3.8, 4) is 0 Å². The lowest BCUT2D eigenvalue weighted by Gasteiger charge is -2.43. The van der Waals surface area contributed by atoms with E-state index in [1.165, 1.54) is 51.4 Å². The van der Waals surface area contributed by atoms with Gasteiger partial charge in [0.2, 0.25) is 0 Å². The van der Waals surface area contributed by atoms with E-state index >= 15 is 0 Å². The van der Waals surface area contributed by atoms with Crippen molar-refractivity contribution in [2.45, 2.75) is 91.1 Å². The first kappa shape index (κ1) is 17.3. The van der Waals surface area contributed by atoms with Crippen LogP contribution < -0.4 is 11.5 Å². The lowest BCUT2D eigenvalue weighted by Crippen LogP contribution is -2.43. The Hall–Kier alpha value is -0.0800. The molecule has 6 unspecified atom stereocenters. The van der Waals surface area contributed by atoms with Gasteiger partial charge in [-0.15, -0.1) is 0 Å². The molecule has 0 saturated heterocycles. The maximum absolute atomic E-state index is 6.40. The van der Waals surface area contributed by atoms with Crippen LogP contribution in [0.1, 0.15) is 79.1 Å². The van der Waals surface area contributed by atoms with Crippen molar-refractivity contribution in [3.05, 3.63) is 0 Å². The van der Waals surface area contributed by atoms with Crippen molar-refractivity contribution in [2.24, 2.45) is 40.6 Å². The molecule has 0 aromatic rings. The van der Waals surface area contributed by atoms with Gasteiger partial charge in [-0.2, -0.15) is 0 Å². The van der Waals surface area contributed by atoms with E-state index in [2.05, 4.69) is 27.7 Å². The summed E-state index contributed by atoms with van der Waals surface area (Å²) in [6.07, 6.45) is 10.6. The highest BCUT2D eigenvalue weighted by molar-refractivity contribution is 4.90. The van der Waals surface area contributed by atoms with Crippen molar-refractivity contribution >= 4 is 0 Å². The van der Waals surface area contributed by atoms with Gasteiger partial charge in [-0.05, 0) is 67.6 Å². The van der Waals surface area contributed by atoms with Gasteiger partial charge in [0.15, 0.2) is 0 Å². The molecular weight excluding hydrogens is 256 g/mol. The molecule has 0 bridgehead atoms. The molecule has 2 fully saturated rings. The highest BCUT2D eigenvalue weighted by Gasteiger charge is 2.37. The van der Waals surface area contributed by atoms with E-state index in [0.29, 0.717) is 23.4 Å². The van der Waals surface area contributed by atoms with Gasteiger partial charge in [0.1, 0.15) is 0 Å². The SMILES string of the molecule is CC(CC1CCC(N)C(C(C)(C)C)C1)C1CCCC(N)C1. The highest BCUT2D eigenvalue weighted by Crippen LogP contribution is 2.43. The van der Waals surface area contributed by atoms with Gasteiger partial charge in [0.25, 0.3) is 0 Å². The fourth-order valence-corrected chi connectivity index (χ4v) is 4.99. The minimum absolute atomic E-state index is 0.356. The van der Waals surface area contributed by atoms with Gasteiger partial charge in [0, 0.05) is 12.1 Å². The van der Waals surface area contributed by atoms with Gasteiger partial charge in [0.05, 0.1) is 0 Å². The lowest BCUT2D eigenvalue weighted by molar-refractivity contribution is 0.0970. The van der Waals surface area contributed by atoms with Crippen LogP contribution in [0.5, 0.6) is 0 Å². The summed E-state index contributed by atoms with van der Waals surface area (Å²) in [4.78, 5) is 0. The maximum atomic E-state index is 6.40. The van der Waals surface area contributed by atoms with Crippen LogP contribution in [0.25, 0.3) is 0 Å². The van der Waals surface area contributed by atoms with Crippen LogP contribution in [0.15, 0.2) is 0 Å². The number of nitrogens with two attached hydrogens (primary N) is 2. The topological polar surface area (TPSA) is 52.0 Å². The molecular formula is C19H38N2. The Morgan fingerprint density at radius 3 is 2.33 bits per heavy atom. The molecule has 0 heterocycles. The van der Waals surface area contributed by atoms with Crippen molar-refractivity contribution in [3.63, 3.8) is 0 Å². The predicted octanol–water partition coefficient (Wildman–Crippen LogP) is 4.32. The zero-order chi connectivity index (χ0) is 15.6. The minimum atomic E-state index is 0.356. The summed E-state index contributed by atoms with van der Waals surface area (Å²) in [5.41, 5.74) is 12.9. The Morgan fingerprint density at radius 2 is 1.71 bits per heavy atom. The smallest absolute Gasteiger partial charge is 0.00723 e. The van der Waals surface area contributed by atoms with Crippen LogP contribution in [0, 0.1) is 29.1 Å². The number of hydrogen-bond acceptors (Lipinski definition) is 2. The normalized spacial score (nSPS) is 40.0. The molecule has 2 saturated carbocycles. The first-order valence-electron chi connectivity index (χ1n) is 9.28. The molecule has 124 valence electrons. The number of hydrogen-bond donors (Lipinski definition) is 2. The summed E-state index contributed by atoms with van der Waals surface area (Å²) in [5, 5.41) is 0. The zero-order valence-electron chi connectivity index (χ0n) is 14.8. The molecule has 0 aromatic heterocycles. The molecule has 0 spiro atoms. The van der Waals surface area contributed by atoms with Gasteiger partial charge in [-0.3, -0.25) is 0 Å². The standard InChI is InChI=1S/C19H38N2/c1-13(15-6-5-7-16(20)12-15)10-14-8-9-18(21)17(11-14)19(2,3)4/h13-18H,5-12,20-21H2,1-4H3. The zero-order valence-corrected chi connectivity index (χ0v) is 14.8. The van der Waals surface area contributed by atoms with Crippen molar-refractivity contribution in [1.29, 1.82) is 0 Å². The maximum Gasteiger partial charge on any atom is 0.00723 e. The summed E-state index contributed by atoms with van der Waals surface area (Å²) in [6.45, 7) is 9.57. The minimum Gasteiger partial charge on any atom is -0.328 e. The third kappa shape index (κ3) is 4.69. The van der Waals surface area contributed by atoms with Crippen LogP contribution in [0.4, 0.5) is 0 Å². The molecule has 6 atom stereocenters. The molecule has 2 rings (SSSR count). The first-order chi connectivity index (χ1) is 9.77. The van der Waals surface area contributed by atoms with E-state index in [0.717, 1.165) is 17.8 Å². The molecule has 2 heteroatoms. The Kier molecular flexibility index (Phi) is 5.76. The van der Waals surface area contributed by atoms with Gasteiger partial charge >= 0.3 is 0 Å². The molecule has 0 amide bonds. The third-order valence-electron chi connectivity index (χ3n) is 6.39. The van der Waals surface area contributed by atoms with Crippen LogP contribution in [-0.2, 0) is 0 Å². The van der Waals surface area contributed by atoms with E-state index in [9.17, 15) is 0 Å². The summed E-state index contributed by atoms with van der Waals surface area (Å²) >= 11 is 0. The Labute approximate surface area is 132 Å². The van der Waals surface area contributed by atoms with Crippen molar-refractivity contribution < 1.29 is 0 Å². The highest BCUT2D eigenvalue weighted by atomic mass is 14.7. The second-order valence-electron chi connectivity index (χ2n) is 9.22. The molecule has 2 aliphatic carbocycles. The summed E-state index contributed by atoms with van der Waals surface area (Å²) in [7, 11) is 0. The Morgan fingerprint density at radius 1 is 1.00 bits per heavy atom. The average Bonchev–Trinajstić information content (AvgIpc) is 2.39. The van der Waals surface area contributed by atoms with E-state index in [-0.39, 0.29) is 0 Å². The molecule has 0 aliphatic heterocycles. The second kappa shape index (κ2) is 7.00. The quantitative estimate of drug-likeness (QED) is 0.814. The van der Waals surface area contributed by atoms with Crippen LogP contribution in [0.2, 0.25) is 0 Å². The van der Waals surface area contributed by atoms with Gasteiger partial charge in [-0.25, -0.2) is 0 Å². The largest absolute Gasteiger partial charge is 0.328 e. The van der Waals surface area contributed by atoms with Gasteiger partial charge < -0.3 is 11.5 Å². The number of rotatable bonds is 3. The fraction of sp³-hybridized carbons (Fsp3) is 1.00. The first-order valence-corrected chi connectivity index (χ1v) is 9.28. The van der Waals surface area contributed by atoms with E-state index in [1.807, 2.05) is 0 Å². The van der Waals surface area contributed by atoms with E-state index < -0.39 is 0 Å². The molecule has 2 nitrogen and oxygen atoms in total. The fourth-order valence-electron chi connectivity index (χ4n) is 4.99. The third-order valence-corrected chi connectivity index (χ3v) is 6.39. The molecule has 0 radical (unpaired) electrons. The molecule has 4 N–H and O–H groups in total.